The number of halogens is 1. The number of likely N-dealkylation sites (N-methyl/N-ethyl adjacent to an activating group) is 1. The fourth-order valence-electron chi connectivity index (χ4n) is 1.86. The molecule has 1 atom stereocenters. The van der Waals surface area contributed by atoms with Gasteiger partial charge in [0.1, 0.15) is 12.6 Å². The number of nitrogens with zero attached hydrogens (tertiary/aromatic N) is 2. The van der Waals surface area contributed by atoms with Crippen molar-refractivity contribution in [2.24, 2.45) is 0 Å². The predicted molar refractivity (Wildman–Crippen MR) is 78.3 cm³/mol. The molecule has 3 amide bonds. The maximum absolute atomic E-state index is 12.1. The Labute approximate surface area is 128 Å². The standard InChI is InChI=1S/C12H14BrN3O3S/c1-7(12(19)16-5-10(17)15(2)6-16)14-11(18)8-3-4-9(13)20-8/h3-4,7H,5-6H2,1-2H3,(H,14,18). The van der Waals surface area contributed by atoms with Gasteiger partial charge in [-0.2, -0.15) is 0 Å². The lowest BCUT2D eigenvalue weighted by molar-refractivity contribution is -0.133. The van der Waals surface area contributed by atoms with Crippen LogP contribution in [-0.4, -0.2) is 53.8 Å². The summed E-state index contributed by atoms with van der Waals surface area (Å²) in [5.74, 6) is -0.647. The van der Waals surface area contributed by atoms with Crippen molar-refractivity contribution >= 4 is 45.0 Å². The van der Waals surface area contributed by atoms with E-state index in [9.17, 15) is 14.4 Å². The summed E-state index contributed by atoms with van der Waals surface area (Å²) in [6, 6.07) is 2.80. The van der Waals surface area contributed by atoms with Gasteiger partial charge in [0, 0.05) is 7.05 Å². The lowest BCUT2D eigenvalue weighted by atomic mass is 10.3. The number of carbonyl (C=O) groups excluding carboxylic acids is 3. The van der Waals surface area contributed by atoms with Crippen LogP contribution in [0.25, 0.3) is 0 Å². The lowest BCUT2D eigenvalue weighted by Gasteiger charge is -2.20. The first-order valence-corrected chi connectivity index (χ1v) is 7.58. The summed E-state index contributed by atoms with van der Waals surface area (Å²) < 4.78 is 0.855. The molecule has 0 bridgehead atoms. The topological polar surface area (TPSA) is 69.7 Å². The van der Waals surface area contributed by atoms with E-state index in [-0.39, 0.29) is 30.9 Å². The average molecular weight is 360 g/mol. The third-order valence-electron chi connectivity index (χ3n) is 2.96. The zero-order chi connectivity index (χ0) is 14.9. The quantitative estimate of drug-likeness (QED) is 0.870. The number of carbonyl (C=O) groups is 3. The van der Waals surface area contributed by atoms with Crippen molar-refractivity contribution in [1.82, 2.24) is 15.1 Å². The van der Waals surface area contributed by atoms with Gasteiger partial charge in [0.25, 0.3) is 5.91 Å². The first-order valence-electron chi connectivity index (χ1n) is 5.97. The van der Waals surface area contributed by atoms with Gasteiger partial charge in [0.05, 0.1) is 15.3 Å². The normalized spacial score (nSPS) is 16.4. The number of amides is 3. The molecule has 0 spiro atoms. The van der Waals surface area contributed by atoms with Crippen molar-refractivity contribution < 1.29 is 14.4 Å². The third-order valence-corrected chi connectivity index (χ3v) is 4.58. The highest BCUT2D eigenvalue weighted by atomic mass is 79.9. The van der Waals surface area contributed by atoms with Crippen molar-refractivity contribution in [3.05, 3.63) is 20.8 Å². The van der Waals surface area contributed by atoms with E-state index in [1.807, 2.05) is 0 Å². The molecule has 0 saturated carbocycles. The molecular weight excluding hydrogens is 346 g/mol. The van der Waals surface area contributed by atoms with Crippen LogP contribution in [0.5, 0.6) is 0 Å². The van der Waals surface area contributed by atoms with Crippen LogP contribution in [0.3, 0.4) is 0 Å². The summed E-state index contributed by atoms with van der Waals surface area (Å²) in [5.41, 5.74) is 0. The molecule has 108 valence electrons. The summed E-state index contributed by atoms with van der Waals surface area (Å²) >= 11 is 4.58. The van der Waals surface area contributed by atoms with Gasteiger partial charge in [0.2, 0.25) is 11.8 Å². The first kappa shape index (κ1) is 15.0. The molecule has 1 unspecified atom stereocenters. The second-order valence-corrected chi connectivity index (χ2v) is 7.03. The molecule has 1 saturated heterocycles. The van der Waals surface area contributed by atoms with E-state index in [0.717, 1.165) is 3.79 Å². The van der Waals surface area contributed by atoms with Crippen molar-refractivity contribution in [3.63, 3.8) is 0 Å². The van der Waals surface area contributed by atoms with E-state index in [0.29, 0.717) is 4.88 Å². The number of hydrogen-bond donors (Lipinski definition) is 1. The van der Waals surface area contributed by atoms with Gasteiger partial charge in [-0.25, -0.2) is 0 Å². The van der Waals surface area contributed by atoms with Crippen LogP contribution in [0.15, 0.2) is 15.9 Å². The van der Waals surface area contributed by atoms with E-state index < -0.39 is 6.04 Å². The minimum absolute atomic E-state index is 0.0695. The molecule has 0 aliphatic carbocycles. The van der Waals surface area contributed by atoms with Crippen LogP contribution in [0, 0.1) is 0 Å². The van der Waals surface area contributed by atoms with Gasteiger partial charge in [-0.15, -0.1) is 11.3 Å². The molecule has 2 rings (SSSR count). The number of rotatable bonds is 3. The number of hydrogen-bond acceptors (Lipinski definition) is 4. The molecule has 6 nitrogen and oxygen atoms in total. The molecular formula is C12H14BrN3O3S. The summed E-state index contributed by atoms with van der Waals surface area (Å²) in [7, 11) is 1.64. The molecule has 2 heterocycles. The van der Waals surface area contributed by atoms with Crippen molar-refractivity contribution in [2.75, 3.05) is 20.3 Å². The molecule has 0 aromatic carbocycles. The Morgan fingerprint density at radius 2 is 2.15 bits per heavy atom. The molecule has 1 fully saturated rings. The third kappa shape index (κ3) is 3.18. The number of nitrogens with one attached hydrogen (secondary N) is 1. The fourth-order valence-corrected chi connectivity index (χ4v) is 3.15. The van der Waals surface area contributed by atoms with E-state index in [1.54, 1.807) is 26.1 Å². The van der Waals surface area contributed by atoms with Gasteiger partial charge in [0.15, 0.2) is 0 Å². The molecule has 1 aliphatic rings. The highest BCUT2D eigenvalue weighted by Gasteiger charge is 2.31. The number of thiophene rings is 1. The Bertz CT molecular complexity index is 560. The van der Waals surface area contributed by atoms with Crippen molar-refractivity contribution in [1.29, 1.82) is 0 Å². The fraction of sp³-hybridized carbons (Fsp3) is 0.417. The Kier molecular flexibility index (Phi) is 4.44. The molecule has 20 heavy (non-hydrogen) atoms. The summed E-state index contributed by atoms with van der Waals surface area (Å²) in [4.78, 5) is 38.9. The molecule has 1 N–H and O–H groups in total. The van der Waals surface area contributed by atoms with Gasteiger partial charge in [-0.05, 0) is 35.0 Å². The first-order chi connectivity index (χ1) is 9.38. The van der Waals surface area contributed by atoms with Gasteiger partial charge < -0.3 is 15.1 Å². The predicted octanol–water partition coefficient (Wildman–Crippen LogP) is 0.887. The summed E-state index contributed by atoms with van der Waals surface area (Å²) in [6.45, 7) is 1.95. The molecule has 1 aromatic rings. The SMILES string of the molecule is CC(NC(=O)c1ccc(Br)s1)C(=O)N1CC(=O)N(C)C1. The van der Waals surface area contributed by atoms with Gasteiger partial charge in [-0.3, -0.25) is 14.4 Å². The zero-order valence-electron chi connectivity index (χ0n) is 11.1. The van der Waals surface area contributed by atoms with E-state index in [2.05, 4.69) is 21.2 Å². The van der Waals surface area contributed by atoms with Crippen LogP contribution >= 0.6 is 27.3 Å². The Balaban J connectivity index is 1.94. The maximum atomic E-state index is 12.1. The average Bonchev–Trinajstić information content (AvgIpc) is 2.96. The monoisotopic (exact) mass is 359 g/mol. The Hall–Kier alpha value is -1.41. The lowest BCUT2D eigenvalue weighted by Crippen LogP contribution is -2.46. The van der Waals surface area contributed by atoms with E-state index >= 15 is 0 Å². The zero-order valence-corrected chi connectivity index (χ0v) is 13.5. The molecule has 1 aromatic heterocycles. The van der Waals surface area contributed by atoms with Crippen LogP contribution < -0.4 is 5.32 Å². The second-order valence-electron chi connectivity index (χ2n) is 4.57. The Morgan fingerprint density at radius 3 is 2.65 bits per heavy atom. The highest BCUT2D eigenvalue weighted by molar-refractivity contribution is 9.11. The second kappa shape index (κ2) is 5.92. The van der Waals surface area contributed by atoms with Gasteiger partial charge >= 0.3 is 0 Å². The minimum Gasteiger partial charge on any atom is -0.340 e. The molecule has 8 heteroatoms. The smallest absolute Gasteiger partial charge is 0.262 e. The summed E-state index contributed by atoms with van der Waals surface area (Å²) in [5, 5.41) is 2.65. The highest BCUT2D eigenvalue weighted by Crippen LogP contribution is 2.22. The van der Waals surface area contributed by atoms with Crippen molar-refractivity contribution in [2.45, 2.75) is 13.0 Å². The minimum atomic E-state index is -0.664. The summed E-state index contributed by atoms with van der Waals surface area (Å²) in [6.07, 6.45) is 0. The van der Waals surface area contributed by atoms with Crippen molar-refractivity contribution in [3.8, 4) is 0 Å². The molecule has 0 radical (unpaired) electrons. The van der Waals surface area contributed by atoms with Crippen LogP contribution in [0.2, 0.25) is 0 Å². The van der Waals surface area contributed by atoms with Crippen LogP contribution in [-0.2, 0) is 9.59 Å². The molecule has 1 aliphatic heterocycles. The van der Waals surface area contributed by atoms with Gasteiger partial charge in [-0.1, -0.05) is 0 Å². The van der Waals surface area contributed by atoms with Crippen LogP contribution in [0.1, 0.15) is 16.6 Å². The largest absolute Gasteiger partial charge is 0.340 e. The maximum Gasteiger partial charge on any atom is 0.262 e. The van der Waals surface area contributed by atoms with Crippen LogP contribution in [0.4, 0.5) is 0 Å². The Morgan fingerprint density at radius 1 is 1.45 bits per heavy atom. The van der Waals surface area contributed by atoms with E-state index in [1.165, 1.54) is 21.1 Å². The van der Waals surface area contributed by atoms with E-state index in [4.69, 9.17) is 0 Å².